The molecule has 3 N–H and O–H groups in total. The van der Waals surface area contributed by atoms with Crippen molar-refractivity contribution >= 4 is 33.7 Å². The van der Waals surface area contributed by atoms with Gasteiger partial charge in [0.15, 0.2) is 11.5 Å². The third-order valence-electron chi connectivity index (χ3n) is 5.31. The van der Waals surface area contributed by atoms with Crippen molar-refractivity contribution in [3.8, 4) is 22.6 Å². The summed E-state index contributed by atoms with van der Waals surface area (Å²) in [5.74, 6) is 0.979. The molecule has 4 heterocycles. The van der Waals surface area contributed by atoms with Crippen molar-refractivity contribution in [3.05, 3.63) is 54.5 Å². The second kappa shape index (κ2) is 7.88. The van der Waals surface area contributed by atoms with Gasteiger partial charge in [0.2, 0.25) is 5.91 Å². The minimum Gasteiger partial charge on any atom is -0.337 e. The maximum Gasteiger partial charge on any atom is 0.224 e. The van der Waals surface area contributed by atoms with Crippen LogP contribution < -0.4 is 5.32 Å². The topological polar surface area (TPSA) is 112 Å². The highest BCUT2D eigenvalue weighted by molar-refractivity contribution is 5.94. The molecule has 0 saturated carbocycles. The van der Waals surface area contributed by atoms with E-state index in [4.69, 9.17) is 4.98 Å². The van der Waals surface area contributed by atoms with Crippen LogP contribution in [0.25, 0.3) is 44.7 Å². The van der Waals surface area contributed by atoms with E-state index in [1.54, 1.807) is 18.6 Å². The molecule has 0 aliphatic heterocycles. The second-order valence-corrected chi connectivity index (χ2v) is 8.36. The Labute approximate surface area is 184 Å². The molecular weight excluding hydrogens is 402 g/mol. The Morgan fingerprint density at radius 2 is 1.97 bits per heavy atom. The van der Waals surface area contributed by atoms with E-state index >= 15 is 0 Å². The van der Waals surface area contributed by atoms with Crippen molar-refractivity contribution in [2.75, 3.05) is 5.32 Å². The Kier molecular flexibility index (Phi) is 4.89. The van der Waals surface area contributed by atoms with Gasteiger partial charge in [0.1, 0.15) is 5.69 Å². The zero-order chi connectivity index (χ0) is 22.2. The van der Waals surface area contributed by atoms with Gasteiger partial charge in [-0.3, -0.25) is 14.9 Å². The minimum atomic E-state index is -0.0233. The Morgan fingerprint density at radius 3 is 2.78 bits per heavy atom. The number of H-pyrrole nitrogens is 2. The van der Waals surface area contributed by atoms with Crippen LogP contribution in [0.5, 0.6) is 0 Å². The predicted molar refractivity (Wildman–Crippen MR) is 125 cm³/mol. The van der Waals surface area contributed by atoms with E-state index < -0.39 is 0 Å². The highest BCUT2D eigenvalue weighted by Gasteiger charge is 2.15. The number of aromatic nitrogens is 6. The molecule has 32 heavy (non-hydrogen) atoms. The lowest BCUT2D eigenvalue weighted by atomic mass is 10.1. The Morgan fingerprint density at radius 1 is 1.12 bits per heavy atom. The summed E-state index contributed by atoms with van der Waals surface area (Å²) in [4.78, 5) is 29.1. The number of anilines is 1. The van der Waals surface area contributed by atoms with Crippen LogP contribution in [0.2, 0.25) is 0 Å². The van der Waals surface area contributed by atoms with Gasteiger partial charge in [0.05, 0.1) is 28.3 Å². The molecule has 0 aliphatic carbocycles. The van der Waals surface area contributed by atoms with Gasteiger partial charge >= 0.3 is 0 Å². The van der Waals surface area contributed by atoms with Crippen LogP contribution in [-0.2, 0) is 4.79 Å². The Balaban J connectivity index is 1.52. The molecule has 8 nitrogen and oxygen atoms in total. The summed E-state index contributed by atoms with van der Waals surface area (Å²) < 4.78 is 0. The normalized spacial score (nSPS) is 11.5. The lowest BCUT2D eigenvalue weighted by molar-refractivity contribution is -0.116. The summed E-state index contributed by atoms with van der Waals surface area (Å²) in [6.07, 6.45) is 5.62. The molecule has 0 spiro atoms. The van der Waals surface area contributed by atoms with E-state index in [2.05, 4.69) is 30.5 Å². The second-order valence-electron chi connectivity index (χ2n) is 8.36. The van der Waals surface area contributed by atoms with Gasteiger partial charge in [-0.2, -0.15) is 5.10 Å². The molecule has 0 fully saturated rings. The molecule has 5 rings (SSSR count). The molecule has 0 saturated heterocycles. The van der Waals surface area contributed by atoms with Gasteiger partial charge in [-0.05, 0) is 36.6 Å². The number of carbonyl (C=O) groups is 1. The number of rotatable bonds is 5. The van der Waals surface area contributed by atoms with Gasteiger partial charge in [0, 0.05) is 29.9 Å². The number of amides is 1. The molecule has 8 heteroatoms. The number of fused-ring (bicyclic) bond motifs is 2. The van der Waals surface area contributed by atoms with Gasteiger partial charge in [0.25, 0.3) is 0 Å². The van der Waals surface area contributed by atoms with Crippen molar-refractivity contribution in [2.45, 2.75) is 27.2 Å². The number of nitrogens with zero attached hydrogens (tertiary/aromatic N) is 4. The molecule has 160 valence electrons. The first-order valence-corrected chi connectivity index (χ1v) is 10.5. The molecule has 1 amide bonds. The van der Waals surface area contributed by atoms with Crippen molar-refractivity contribution in [3.63, 3.8) is 0 Å². The molecule has 0 radical (unpaired) electrons. The fourth-order valence-corrected chi connectivity index (χ4v) is 3.78. The Bertz CT molecular complexity index is 1450. The third kappa shape index (κ3) is 3.71. The van der Waals surface area contributed by atoms with Gasteiger partial charge < -0.3 is 10.3 Å². The molecule has 4 aromatic heterocycles. The summed E-state index contributed by atoms with van der Waals surface area (Å²) in [5.41, 5.74) is 6.79. The molecule has 0 bridgehead atoms. The largest absolute Gasteiger partial charge is 0.337 e. The monoisotopic (exact) mass is 425 g/mol. The van der Waals surface area contributed by atoms with E-state index in [1.165, 1.54) is 0 Å². The number of aryl methyl sites for hydroxylation is 1. The number of hydrogen-bond acceptors (Lipinski definition) is 5. The molecule has 0 atom stereocenters. The zero-order valence-electron chi connectivity index (χ0n) is 18.1. The van der Waals surface area contributed by atoms with Crippen LogP contribution >= 0.6 is 0 Å². The highest BCUT2D eigenvalue weighted by atomic mass is 16.1. The quantitative estimate of drug-likeness (QED) is 0.372. The lowest BCUT2D eigenvalue weighted by Gasteiger charge is -2.08. The maximum absolute atomic E-state index is 12.1. The number of aromatic amines is 2. The number of para-hydroxylation sites is 1. The highest BCUT2D eigenvalue weighted by Crippen LogP contribution is 2.30. The summed E-state index contributed by atoms with van der Waals surface area (Å²) >= 11 is 0. The van der Waals surface area contributed by atoms with Crippen LogP contribution in [-0.4, -0.2) is 36.0 Å². The van der Waals surface area contributed by atoms with E-state index in [0.29, 0.717) is 29.5 Å². The number of carbonyl (C=O) groups excluding carboxylic acids is 1. The fourth-order valence-electron chi connectivity index (χ4n) is 3.78. The van der Waals surface area contributed by atoms with E-state index in [-0.39, 0.29) is 5.91 Å². The van der Waals surface area contributed by atoms with E-state index in [9.17, 15) is 4.79 Å². The molecule has 0 unspecified atom stereocenters. The number of benzene rings is 1. The third-order valence-corrected chi connectivity index (χ3v) is 5.31. The van der Waals surface area contributed by atoms with Gasteiger partial charge in [-0.25, -0.2) is 9.97 Å². The number of imidazole rings is 1. The van der Waals surface area contributed by atoms with E-state index in [0.717, 1.165) is 38.8 Å². The zero-order valence-corrected chi connectivity index (χ0v) is 18.1. The first-order valence-electron chi connectivity index (χ1n) is 10.5. The fraction of sp³-hybridized carbons (Fsp3) is 0.208. The van der Waals surface area contributed by atoms with Crippen molar-refractivity contribution in [1.29, 1.82) is 0 Å². The number of pyridine rings is 2. The predicted octanol–water partition coefficient (Wildman–Crippen LogP) is 4.86. The SMILES string of the molecule is Cc1cccc2[nH]c(-c3[nH]nc4ncc(-c5cncc(NC(=O)CC(C)C)c5)cc34)nc12. The number of nitrogens with one attached hydrogen (secondary N) is 3. The van der Waals surface area contributed by atoms with Crippen molar-refractivity contribution in [2.24, 2.45) is 5.92 Å². The van der Waals surface area contributed by atoms with Gasteiger partial charge in [-0.1, -0.05) is 26.0 Å². The van der Waals surface area contributed by atoms with Crippen molar-refractivity contribution < 1.29 is 4.79 Å². The molecule has 0 aliphatic rings. The summed E-state index contributed by atoms with van der Waals surface area (Å²) in [5, 5.41) is 11.2. The minimum absolute atomic E-state index is 0.0233. The number of hydrogen-bond donors (Lipinski definition) is 3. The first-order chi connectivity index (χ1) is 15.5. The lowest BCUT2D eigenvalue weighted by Crippen LogP contribution is -2.13. The van der Waals surface area contributed by atoms with Crippen LogP contribution in [0.3, 0.4) is 0 Å². The van der Waals surface area contributed by atoms with Crippen LogP contribution in [0.4, 0.5) is 5.69 Å². The van der Waals surface area contributed by atoms with Crippen molar-refractivity contribution in [1.82, 2.24) is 30.1 Å². The standard InChI is InChI=1S/C24H23N7O/c1-13(2)7-20(32)27-17-8-15(10-25-12-17)16-9-18-22(30-31-23(18)26-11-16)24-28-19-6-4-5-14(3)21(19)29-24/h4-6,8-13H,7H2,1-3H3,(H,27,32)(H,28,29)(H,26,30,31). The summed E-state index contributed by atoms with van der Waals surface area (Å²) in [6.45, 7) is 6.07. The summed E-state index contributed by atoms with van der Waals surface area (Å²) in [6, 6.07) is 9.96. The Hall–Kier alpha value is -4.07. The smallest absolute Gasteiger partial charge is 0.224 e. The average molecular weight is 425 g/mol. The van der Waals surface area contributed by atoms with Crippen LogP contribution in [0.1, 0.15) is 25.8 Å². The maximum atomic E-state index is 12.1. The molecule has 5 aromatic rings. The van der Waals surface area contributed by atoms with Gasteiger partial charge in [-0.15, -0.1) is 0 Å². The first kappa shape index (κ1) is 19.9. The van der Waals surface area contributed by atoms with Crippen LogP contribution in [0, 0.1) is 12.8 Å². The summed E-state index contributed by atoms with van der Waals surface area (Å²) in [7, 11) is 0. The average Bonchev–Trinajstić information content (AvgIpc) is 3.37. The van der Waals surface area contributed by atoms with Crippen LogP contribution in [0.15, 0.2) is 48.9 Å². The van der Waals surface area contributed by atoms with E-state index in [1.807, 2.05) is 51.1 Å². The molecular formula is C24H23N7O. The molecule has 1 aromatic carbocycles.